The van der Waals surface area contributed by atoms with Gasteiger partial charge in [-0.05, 0) is 42.8 Å². The van der Waals surface area contributed by atoms with E-state index in [2.05, 4.69) is 10.1 Å². The van der Waals surface area contributed by atoms with Crippen LogP contribution in [-0.2, 0) is 6.54 Å². The number of halogens is 1. The van der Waals surface area contributed by atoms with Crippen molar-refractivity contribution in [3.63, 3.8) is 0 Å². The highest BCUT2D eigenvalue weighted by atomic mass is 35.5. The molecule has 2 aromatic heterocycles. The molecule has 7 heteroatoms. The van der Waals surface area contributed by atoms with Crippen LogP contribution in [0.5, 0.6) is 0 Å². The molecule has 0 N–H and O–H groups in total. The third-order valence-electron chi connectivity index (χ3n) is 4.37. The Morgan fingerprint density at radius 1 is 1.12 bits per heavy atom. The topological polar surface area (TPSA) is 65.8 Å². The lowest BCUT2D eigenvalue weighted by molar-refractivity contribution is 0.394. The van der Waals surface area contributed by atoms with Gasteiger partial charge in [0.25, 0.3) is 0 Å². The van der Waals surface area contributed by atoms with Crippen molar-refractivity contribution in [2.45, 2.75) is 20.4 Å². The van der Waals surface area contributed by atoms with Crippen LogP contribution in [0.25, 0.3) is 28.1 Å². The maximum Gasteiger partial charge on any atom is 0.333 e. The largest absolute Gasteiger partial charge is 0.339 e. The lowest BCUT2D eigenvalue weighted by Crippen LogP contribution is -2.23. The van der Waals surface area contributed by atoms with E-state index in [1.807, 2.05) is 49.4 Å². The number of aryl methyl sites for hydroxylation is 3. The molecule has 132 valence electrons. The Hall–Kier alpha value is -2.86. The molecule has 0 amide bonds. The van der Waals surface area contributed by atoms with Crippen molar-refractivity contribution >= 4 is 22.6 Å². The van der Waals surface area contributed by atoms with E-state index in [4.69, 9.17) is 16.1 Å². The Balaban J connectivity index is 1.89. The highest BCUT2D eigenvalue weighted by Gasteiger charge is 2.16. The summed E-state index contributed by atoms with van der Waals surface area (Å²) in [6, 6.07) is 13.4. The summed E-state index contributed by atoms with van der Waals surface area (Å²) in [5.74, 6) is 1.42. The van der Waals surface area contributed by atoms with E-state index in [1.165, 1.54) is 0 Å². The number of benzene rings is 2. The van der Waals surface area contributed by atoms with Gasteiger partial charge in [0.2, 0.25) is 11.7 Å². The summed E-state index contributed by atoms with van der Waals surface area (Å²) in [4.78, 5) is 17.2. The maximum absolute atomic E-state index is 13.0. The van der Waals surface area contributed by atoms with Crippen LogP contribution in [0.15, 0.2) is 51.8 Å². The second-order valence-electron chi connectivity index (χ2n) is 6.09. The molecule has 4 rings (SSSR count). The fourth-order valence-corrected chi connectivity index (χ4v) is 3.36. The van der Waals surface area contributed by atoms with Gasteiger partial charge in [-0.15, -0.1) is 11.6 Å². The number of alkyl halides is 1. The Morgan fingerprint density at radius 2 is 1.88 bits per heavy atom. The molecule has 2 aromatic carbocycles. The number of imidazole rings is 1. The van der Waals surface area contributed by atoms with Crippen LogP contribution in [-0.4, -0.2) is 25.2 Å². The molecule has 4 aromatic rings. The Morgan fingerprint density at radius 3 is 2.54 bits per heavy atom. The highest BCUT2D eigenvalue weighted by Crippen LogP contribution is 2.23. The van der Waals surface area contributed by atoms with Gasteiger partial charge in [0.05, 0.1) is 16.7 Å². The summed E-state index contributed by atoms with van der Waals surface area (Å²) in [5, 5.41) is 3.93. The minimum Gasteiger partial charge on any atom is -0.339 e. The van der Waals surface area contributed by atoms with E-state index in [0.717, 1.165) is 27.8 Å². The third-order valence-corrected chi connectivity index (χ3v) is 4.54. The molecule has 0 saturated heterocycles. The van der Waals surface area contributed by atoms with Crippen LogP contribution in [0.2, 0.25) is 0 Å². The number of aromatic nitrogens is 4. The molecule has 0 saturated carbocycles. The standard InChI is InChI=1S/C19H17ClN4O2/c1-12-4-3-5-16-17(12)24(19(25)23(16)11-10-20)15-8-6-14(7-9-15)18-21-13(2)26-22-18/h3-9H,10-11H2,1-2H3. The molecule has 0 aliphatic carbocycles. The van der Waals surface area contributed by atoms with Crippen LogP contribution in [0.1, 0.15) is 11.5 Å². The smallest absolute Gasteiger partial charge is 0.333 e. The molecule has 0 aliphatic heterocycles. The first kappa shape index (κ1) is 16.6. The lowest BCUT2D eigenvalue weighted by Gasteiger charge is -2.06. The van der Waals surface area contributed by atoms with Crippen molar-refractivity contribution in [1.29, 1.82) is 0 Å². The van der Waals surface area contributed by atoms with Gasteiger partial charge in [-0.1, -0.05) is 17.3 Å². The Bertz CT molecular complexity index is 1140. The zero-order valence-electron chi connectivity index (χ0n) is 14.4. The fourth-order valence-electron chi connectivity index (χ4n) is 3.19. The minimum atomic E-state index is -0.0990. The van der Waals surface area contributed by atoms with Gasteiger partial charge in [-0.2, -0.15) is 4.98 Å². The second kappa shape index (κ2) is 6.46. The first-order valence-corrected chi connectivity index (χ1v) is 8.81. The van der Waals surface area contributed by atoms with E-state index < -0.39 is 0 Å². The van der Waals surface area contributed by atoms with E-state index in [-0.39, 0.29) is 5.69 Å². The van der Waals surface area contributed by atoms with Crippen LogP contribution < -0.4 is 5.69 Å². The normalized spacial score (nSPS) is 11.3. The van der Waals surface area contributed by atoms with Gasteiger partial charge in [-0.25, -0.2) is 4.79 Å². The van der Waals surface area contributed by atoms with Crippen molar-refractivity contribution in [2.24, 2.45) is 0 Å². The van der Waals surface area contributed by atoms with Crippen molar-refractivity contribution in [3.05, 3.63) is 64.4 Å². The molecule has 0 bridgehead atoms. The van der Waals surface area contributed by atoms with Crippen LogP contribution in [0, 0.1) is 13.8 Å². The molecular weight excluding hydrogens is 352 g/mol. The predicted octanol–water partition coefficient (Wildman–Crippen LogP) is 3.70. The summed E-state index contributed by atoms with van der Waals surface area (Å²) in [5.41, 5.74) is 4.33. The first-order valence-electron chi connectivity index (χ1n) is 8.28. The SMILES string of the molecule is Cc1nc(-c2ccc(-n3c(=O)n(CCCl)c4cccc(C)c43)cc2)no1. The quantitative estimate of drug-likeness (QED) is 0.515. The zero-order chi connectivity index (χ0) is 18.3. The van der Waals surface area contributed by atoms with Crippen molar-refractivity contribution in [1.82, 2.24) is 19.3 Å². The van der Waals surface area contributed by atoms with Crippen molar-refractivity contribution in [3.8, 4) is 17.1 Å². The summed E-state index contributed by atoms with van der Waals surface area (Å²) >= 11 is 5.90. The molecule has 0 aliphatic rings. The summed E-state index contributed by atoms with van der Waals surface area (Å²) in [6.07, 6.45) is 0. The third kappa shape index (κ3) is 2.63. The van der Waals surface area contributed by atoms with Gasteiger partial charge in [0.15, 0.2) is 0 Å². The summed E-state index contributed by atoms with van der Waals surface area (Å²) in [7, 11) is 0. The summed E-state index contributed by atoms with van der Waals surface area (Å²) < 4.78 is 8.46. The lowest BCUT2D eigenvalue weighted by atomic mass is 10.1. The van der Waals surface area contributed by atoms with E-state index in [0.29, 0.717) is 24.1 Å². The fraction of sp³-hybridized carbons (Fsp3) is 0.211. The number of hydrogen-bond donors (Lipinski definition) is 0. The Labute approximate surface area is 154 Å². The Kier molecular flexibility index (Phi) is 4.12. The van der Waals surface area contributed by atoms with Crippen molar-refractivity contribution in [2.75, 3.05) is 5.88 Å². The molecule has 6 nitrogen and oxygen atoms in total. The molecule has 0 fully saturated rings. The predicted molar refractivity (Wildman–Crippen MR) is 101 cm³/mol. The van der Waals surface area contributed by atoms with Gasteiger partial charge in [-0.3, -0.25) is 9.13 Å². The van der Waals surface area contributed by atoms with Gasteiger partial charge >= 0.3 is 5.69 Å². The molecule has 0 atom stereocenters. The van der Waals surface area contributed by atoms with Crippen LogP contribution in [0.3, 0.4) is 0 Å². The zero-order valence-corrected chi connectivity index (χ0v) is 15.2. The number of hydrogen-bond acceptors (Lipinski definition) is 4. The van der Waals surface area contributed by atoms with Gasteiger partial charge < -0.3 is 4.52 Å². The number of nitrogens with zero attached hydrogens (tertiary/aromatic N) is 4. The monoisotopic (exact) mass is 368 g/mol. The number of rotatable bonds is 4. The highest BCUT2D eigenvalue weighted by molar-refractivity contribution is 6.17. The van der Waals surface area contributed by atoms with Gasteiger partial charge in [0.1, 0.15) is 0 Å². The number of fused-ring (bicyclic) bond motifs is 1. The van der Waals surface area contributed by atoms with Crippen molar-refractivity contribution < 1.29 is 4.52 Å². The molecule has 2 heterocycles. The summed E-state index contributed by atoms with van der Waals surface area (Å²) in [6.45, 7) is 4.21. The molecule has 0 radical (unpaired) electrons. The van der Waals surface area contributed by atoms with E-state index in [1.54, 1.807) is 16.1 Å². The van der Waals surface area contributed by atoms with E-state index in [9.17, 15) is 4.79 Å². The van der Waals surface area contributed by atoms with Gasteiger partial charge in [0, 0.05) is 24.9 Å². The average Bonchev–Trinajstić information content (AvgIpc) is 3.19. The average molecular weight is 369 g/mol. The molecule has 0 spiro atoms. The second-order valence-corrected chi connectivity index (χ2v) is 6.46. The maximum atomic E-state index is 13.0. The van der Waals surface area contributed by atoms with E-state index >= 15 is 0 Å². The van der Waals surface area contributed by atoms with Crippen LogP contribution >= 0.6 is 11.6 Å². The molecule has 26 heavy (non-hydrogen) atoms. The molecule has 0 unspecified atom stereocenters. The van der Waals surface area contributed by atoms with Crippen LogP contribution in [0.4, 0.5) is 0 Å². The first-order chi connectivity index (χ1) is 12.6. The number of para-hydroxylation sites is 1. The minimum absolute atomic E-state index is 0.0990. The molecular formula is C19H17ClN4O2.